The Morgan fingerprint density at radius 2 is 2.29 bits per heavy atom. The van der Waals surface area contributed by atoms with E-state index in [0.29, 0.717) is 6.54 Å². The molecule has 1 aromatic rings. The molecule has 0 heterocycles. The smallest absolute Gasteiger partial charge is 0.119 e. The standard InChI is InChI=1S/C12H17NO/c1-10(9-13)6-7-11-4-3-5-12(8-11)14-2/h3-6,8H,7,9,13H2,1-2H3/b10-6-. The van der Waals surface area contributed by atoms with Crippen LogP contribution in [-0.2, 0) is 6.42 Å². The Balaban J connectivity index is 2.67. The lowest BCUT2D eigenvalue weighted by atomic mass is 10.1. The second-order valence-electron chi connectivity index (χ2n) is 3.31. The molecule has 2 heteroatoms. The zero-order chi connectivity index (χ0) is 10.4. The van der Waals surface area contributed by atoms with Crippen molar-refractivity contribution in [1.82, 2.24) is 0 Å². The predicted molar refractivity (Wildman–Crippen MR) is 59.5 cm³/mol. The summed E-state index contributed by atoms with van der Waals surface area (Å²) in [4.78, 5) is 0. The molecule has 0 unspecified atom stereocenters. The molecule has 0 amide bonds. The molecular formula is C12H17NO. The fourth-order valence-corrected chi connectivity index (χ4v) is 1.17. The van der Waals surface area contributed by atoms with Gasteiger partial charge in [0.25, 0.3) is 0 Å². The van der Waals surface area contributed by atoms with Gasteiger partial charge in [-0.05, 0) is 31.0 Å². The third-order valence-corrected chi connectivity index (χ3v) is 2.14. The van der Waals surface area contributed by atoms with Crippen molar-refractivity contribution in [2.24, 2.45) is 5.73 Å². The Hall–Kier alpha value is -1.28. The van der Waals surface area contributed by atoms with E-state index in [-0.39, 0.29) is 0 Å². The average molecular weight is 191 g/mol. The summed E-state index contributed by atoms with van der Waals surface area (Å²) in [7, 11) is 1.68. The number of allylic oxidation sites excluding steroid dienone is 1. The van der Waals surface area contributed by atoms with Crippen molar-refractivity contribution in [3.63, 3.8) is 0 Å². The molecule has 76 valence electrons. The molecule has 0 aliphatic heterocycles. The van der Waals surface area contributed by atoms with Crippen LogP contribution in [0, 0.1) is 0 Å². The first-order chi connectivity index (χ1) is 6.76. The molecule has 14 heavy (non-hydrogen) atoms. The fraction of sp³-hybridized carbons (Fsp3) is 0.333. The third kappa shape index (κ3) is 3.23. The molecule has 0 aliphatic rings. The van der Waals surface area contributed by atoms with E-state index in [1.54, 1.807) is 7.11 Å². The molecule has 0 bridgehead atoms. The van der Waals surface area contributed by atoms with Crippen LogP contribution in [0.3, 0.4) is 0 Å². The molecule has 1 aromatic carbocycles. The van der Waals surface area contributed by atoms with Crippen molar-refractivity contribution in [1.29, 1.82) is 0 Å². The highest BCUT2D eigenvalue weighted by molar-refractivity contribution is 5.30. The number of hydrogen-bond donors (Lipinski definition) is 1. The maximum absolute atomic E-state index is 5.50. The van der Waals surface area contributed by atoms with Crippen LogP contribution in [0.4, 0.5) is 0 Å². The maximum Gasteiger partial charge on any atom is 0.119 e. The van der Waals surface area contributed by atoms with Gasteiger partial charge in [-0.15, -0.1) is 0 Å². The van der Waals surface area contributed by atoms with Gasteiger partial charge < -0.3 is 10.5 Å². The summed E-state index contributed by atoms with van der Waals surface area (Å²) in [6.07, 6.45) is 3.06. The van der Waals surface area contributed by atoms with Gasteiger partial charge in [-0.1, -0.05) is 23.8 Å². The van der Waals surface area contributed by atoms with E-state index in [9.17, 15) is 0 Å². The lowest BCUT2D eigenvalue weighted by molar-refractivity contribution is 0.414. The molecule has 0 fully saturated rings. The number of nitrogens with two attached hydrogens (primary N) is 1. The van der Waals surface area contributed by atoms with Gasteiger partial charge in [0.05, 0.1) is 7.11 Å². The summed E-state index contributed by atoms with van der Waals surface area (Å²) >= 11 is 0. The SMILES string of the molecule is COc1cccc(C/C=C(/C)CN)c1. The largest absolute Gasteiger partial charge is 0.497 e. The molecule has 2 nitrogen and oxygen atoms in total. The summed E-state index contributed by atoms with van der Waals surface area (Å²) < 4.78 is 5.14. The van der Waals surface area contributed by atoms with E-state index in [1.807, 2.05) is 25.1 Å². The lowest BCUT2D eigenvalue weighted by Gasteiger charge is -2.02. The molecule has 1 rings (SSSR count). The Labute approximate surface area is 85.4 Å². The van der Waals surface area contributed by atoms with E-state index < -0.39 is 0 Å². The van der Waals surface area contributed by atoms with Crippen molar-refractivity contribution in [2.45, 2.75) is 13.3 Å². The number of methoxy groups -OCH3 is 1. The number of hydrogen-bond acceptors (Lipinski definition) is 2. The zero-order valence-electron chi connectivity index (χ0n) is 8.79. The first-order valence-electron chi connectivity index (χ1n) is 4.75. The van der Waals surface area contributed by atoms with Crippen molar-refractivity contribution in [2.75, 3.05) is 13.7 Å². The first-order valence-corrected chi connectivity index (χ1v) is 4.75. The van der Waals surface area contributed by atoms with E-state index in [2.05, 4.69) is 12.1 Å². The van der Waals surface area contributed by atoms with Crippen molar-refractivity contribution in [3.8, 4) is 5.75 Å². The summed E-state index contributed by atoms with van der Waals surface area (Å²) in [6.45, 7) is 2.67. The minimum Gasteiger partial charge on any atom is -0.497 e. The molecular weight excluding hydrogens is 174 g/mol. The molecule has 0 atom stereocenters. The topological polar surface area (TPSA) is 35.2 Å². The van der Waals surface area contributed by atoms with Gasteiger partial charge in [-0.3, -0.25) is 0 Å². The number of rotatable bonds is 4. The van der Waals surface area contributed by atoms with Crippen LogP contribution in [0.15, 0.2) is 35.9 Å². The van der Waals surface area contributed by atoms with Crippen LogP contribution in [-0.4, -0.2) is 13.7 Å². The number of ether oxygens (including phenoxy) is 1. The molecule has 0 aliphatic carbocycles. The van der Waals surface area contributed by atoms with E-state index in [0.717, 1.165) is 12.2 Å². The summed E-state index contributed by atoms with van der Waals surface area (Å²) in [5.74, 6) is 0.904. The van der Waals surface area contributed by atoms with E-state index in [1.165, 1.54) is 11.1 Å². The van der Waals surface area contributed by atoms with Gasteiger partial charge in [0.15, 0.2) is 0 Å². The minimum atomic E-state index is 0.629. The van der Waals surface area contributed by atoms with Gasteiger partial charge in [0, 0.05) is 6.54 Å². The Morgan fingerprint density at radius 3 is 2.93 bits per heavy atom. The normalized spacial score (nSPS) is 11.5. The van der Waals surface area contributed by atoms with Gasteiger partial charge in [0.2, 0.25) is 0 Å². The molecule has 2 N–H and O–H groups in total. The molecule has 0 radical (unpaired) electrons. The van der Waals surface area contributed by atoms with E-state index in [4.69, 9.17) is 10.5 Å². The van der Waals surface area contributed by atoms with Gasteiger partial charge in [-0.25, -0.2) is 0 Å². The Bertz CT molecular complexity index is 318. The Morgan fingerprint density at radius 1 is 1.50 bits per heavy atom. The monoisotopic (exact) mass is 191 g/mol. The van der Waals surface area contributed by atoms with Crippen LogP contribution in [0.25, 0.3) is 0 Å². The minimum absolute atomic E-state index is 0.629. The second-order valence-corrected chi connectivity index (χ2v) is 3.31. The molecule has 0 aromatic heterocycles. The number of benzene rings is 1. The summed E-state index contributed by atoms with van der Waals surface area (Å²) in [6, 6.07) is 8.08. The van der Waals surface area contributed by atoms with Crippen LogP contribution < -0.4 is 10.5 Å². The van der Waals surface area contributed by atoms with Crippen molar-refractivity contribution in [3.05, 3.63) is 41.5 Å². The zero-order valence-corrected chi connectivity index (χ0v) is 8.79. The highest BCUT2D eigenvalue weighted by Crippen LogP contribution is 2.13. The summed E-state index contributed by atoms with van der Waals surface area (Å²) in [5, 5.41) is 0. The molecule has 0 saturated heterocycles. The first kappa shape index (κ1) is 10.8. The van der Waals surface area contributed by atoms with Crippen molar-refractivity contribution < 1.29 is 4.74 Å². The fourth-order valence-electron chi connectivity index (χ4n) is 1.17. The lowest BCUT2D eigenvalue weighted by Crippen LogP contribution is -2.00. The van der Waals surface area contributed by atoms with Crippen LogP contribution in [0.5, 0.6) is 5.75 Å². The van der Waals surface area contributed by atoms with Gasteiger partial charge >= 0.3 is 0 Å². The third-order valence-electron chi connectivity index (χ3n) is 2.14. The predicted octanol–water partition coefficient (Wildman–Crippen LogP) is 2.14. The van der Waals surface area contributed by atoms with Gasteiger partial charge in [0.1, 0.15) is 5.75 Å². The quantitative estimate of drug-likeness (QED) is 0.740. The average Bonchev–Trinajstić information content (AvgIpc) is 2.26. The highest BCUT2D eigenvalue weighted by atomic mass is 16.5. The maximum atomic E-state index is 5.50. The van der Waals surface area contributed by atoms with Gasteiger partial charge in [-0.2, -0.15) is 0 Å². The Kier molecular flexibility index (Phi) is 4.20. The molecule has 0 spiro atoms. The van der Waals surface area contributed by atoms with Crippen LogP contribution >= 0.6 is 0 Å². The summed E-state index contributed by atoms with van der Waals surface area (Å²) in [5.41, 5.74) is 7.96. The van der Waals surface area contributed by atoms with Crippen molar-refractivity contribution >= 4 is 0 Å². The van der Waals surface area contributed by atoms with Crippen LogP contribution in [0.2, 0.25) is 0 Å². The second kappa shape index (κ2) is 5.45. The molecule has 0 saturated carbocycles. The van der Waals surface area contributed by atoms with E-state index >= 15 is 0 Å². The van der Waals surface area contributed by atoms with Crippen LogP contribution in [0.1, 0.15) is 12.5 Å². The highest BCUT2D eigenvalue weighted by Gasteiger charge is 1.93.